The van der Waals surface area contributed by atoms with Gasteiger partial charge in [0, 0.05) is 20.0 Å². The second-order valence-corrected chi connectivity index (χ2v) is 6.25. The van der Waals surface area contributed by atoms with Crippen LogP contribution in [0.25, 0.3) is 12.2 Å². The molecular formula is C21H33NO. The van der Waals surface area contributed by atoms with E-state index in [1.165, 1.54) is 41.7 Å². The van der Waals surface area contributed by atoms with Gasteiger partial charge < -0.3 is 4.90 Å². The van der Waals surface area contributed by atoms with E-state index >= 15 is 0 Å². The van der Waals surface area contributed by atoms with Gasteiger partial charge in [0.1, 0.15) is 0 Å². The number of nitrogens with zero attached hydrogens (tertiary/aromatic N) is 1. The van der Waals surface area contributed by atoms with Gasteiger partial charge in [-0.1, -0.05) is 51.1 Å². The molecule has 1 heterocycles. The highest BCUT2D eigenvalue weighted by Crippen LogP contribution is 2.15. The molecule has 0 aromatic heterocycles. The maximum atomic E-state index is 10.8. The molecule has 1 aromatic rings. The minimum Gasteiger partial charge on any atom is -0.343 e. The number of fused-ring (bicyclic) bond motifs is 1. The fourth-order valence-electron chi connectivity index (χ4n) is 2.95. The average Bonchev–Trinajstić information content (AvgIpc) is 2.58. The first kappa shape index (κ1) is 19.5. The maximum absolute atomic E-state index is 10.8. The fourth-order valence-corrected chi connectivity index (χ4v) is 2.95. The Morgan fingerprint density at radius 1 is 1.09 bits per heavy atom. The fraction of sp³-hybridized carbons (Fsp3) is 0.571. The van der Waals surface area contributed by atoms with Crippen molar-refractivity contribution in [3.63, 3.8) is 0 Å². The normalized spacial score (nSPS) is 16.5. The Labute approximate surface area is 141 Å². The smallest absolute Gasteiger partial charge is 0.219 e. The minimum atomic E-state index is 0.229. The van der Waals surface area contributed by atoms with Crippen LogP contribution in [-0.2, 0) is 4.79 Å². The summed E-state index contributed by atoms with van der Waals surface area (Å²) < 4.78 is 0. The summed E-state index contributed by atoms with van der Waals surface area (Å²) in [6.07, 6.45) is 9.43. The van der Waals surface area contributed by atoms with Crippen LogP contribution in [0.5, 0.6) is 0 Å². The van der Waals surface area contributed by atoms with Gasteiger partial charge in [-0.25, -0.2) is 0 Å². The van der Waals surface area contributed by atoms with Gasteiger partial charge in [0.15, 0.2) is 0 Å². The summed E-state index contributed by atoms with van der Waals surface area (Å²) >= 11 is 0. The number of carbonyl (C=O) groups is 1. The molecule has 2 nitrogen and oxygen atoms in total. The summed E-state index contributed by atoms with van der Waals surface area (Å²) in [5, 5.41) is 2.86. The van der Waals surface area contributed by atoms with E-state index in [4.69, 9.17) is 0 Å². The number of hydrogen-bond acceptors (Lipinski definition) is 1. The Balaban J connectivity index is 0.000000209. The topological polar surface area (TPSA) is 20.3 Å². The molecule has 0 spiro atoms. The van der Waals surface area contributed by atoms with Crippen LogP contribution in [0.2, 0.25) is 0 Å². The van der Waals surface area contributed by atoms with E-state index in [0.29, 0.717) is 0 Å². The third-order valence-electron chi connectivity index (χ3n) is 4.47. The highest BCUT2D eigenvalue weighted by molar-refractivity contribution is 5.73. The summed E-state index contributed by atoms with van der Waals surface area (Å²) in [4.78, 5) is 12.8. The van der Waals surface area contributed by atoms with Crippen LogP contribution in [0.3, 0.4) is 0 Å². The lowest BCUT2D eigenvalue weighted by molar-refractivity contribution is -0.130. The molecule has 0 bridgehead atoms. The van der Waals surface area contributed by atoms with Crippen LogP contribution >= 0.6 is 0 Å². The van der Waals surface area contributed by atoms with E-state index < -0.39 is 0 Å². The number of benzene rings is 1. The van der Waals surface area contributed by atoms with Crippen molar-refractivity contribution in [3.8, 4) is 0 Å². The zero-order chi connectivity index (χ0) is 17.2. The quantitative estimate of drug-likeness (QED) is 0.716. The molecule has 1 aliphatic heterocycles. The van der Waals surface area contributed by atoms with Crippen molar-refractivity contribution >= 4 is 18.1 Å². The number of hydrogen-bond donors (Lipinski definition) is 0. The molecule has 128 valence electrons. The summed E-state index contributed by atoms with van der Waals surface area (Å²) in [6.45, 7) is 12.0. The van der Waals surface area contributed by atoms with Crippen molar-refractivity contribution in [1.82, 2.24) is 4.90 Å². The molecule has 3 rings (SSSR count). The number of aryl methyl sites for hydroxylation is 1. The number of rotatable bonds is 0. The van der Waals surface area contributed by atoms with Crippen molar-refractivity contribution in [3.05, 3.63) is 34.2 Å². The molecule has 1 amide bonds. The van der Waals surface area contributed by atoms with Gasteiger partial charge in [-0.2, -0.15) is 0 Å². The van der Waals surface area contributed by atoms with Crippen LogP contribution in [0.4, 0.5) is 0 Å². The molecule has 1 aliphatic carbocycles. The van der Waals surface area contributed by atoms with Gasteiger partial charge in [0.25, 0.3) is 0 Å². The van der Waals surface area contributed by atoms with Crippen LogP contribution in [0, 0.1) is 12.8 Å². The number of amides is 1. The predicted molar refractivity (Wildman–Crippen MR) is 101 cm³/mol. The van der Waals surface area contributed by atoms with Crippen molar-refractivity contribution in [2.75, 3.05) is 13.1 Å². The lowest BCUT2D eigenvalue weighted by atomic mass is 9.99. The first-order valence-electron chi connectivity index (χ1n) is 9.09. The molecule has 0 radical (unpaired) electrons. The van der Waals surface area contributed by atoms with Crippen LogP contribution in [0.1, 0.15) is 58.9 Å². The summed E-state index contributed by atoms with van der Waals surface area (Å²) in [5.41, 5.74) is 1.40. The lowest BCUT2D eigenvalue weighted by Crippen LogP contribution is -2.36. The first-order valence-corrected chi connectivity index (χ1v) is 9.09. The highest BCUT2D eigenvalue weighted by atomic mass is 16.2. The minimum absolute atomic E-state index is 0.229. The summed E-state index contributed by atoms with van der Waals surface area (Å²) in [7, 11) is 0. The largest absolute Gasteiger partial charge is 0.343 e. The zero-order valence-corrected chi connectivity index (χ0v) is 15.6. The van der Waals surface area contributed by atoms with Crippen LogP contribution < -0.4 is 10.4 Å². The molecule has 2 aliphatic rings. The SMILES string of the molecule is CC.CC(=O)N1CCC(C)CC1.Cc1cccc2c1=CCCC=2. The Kier molecular flexibility index (Phi) is 8.68. The monoisotopic (exact) mass is 315 g/mol. The van der Waals surface area contributed by atoms with Crippen LogP contribution in [-0.4, -0.2) is 23.9 Å². The number of piperidine rings is 1. The molecule has 1 fully saturated rings. The van der Waals surface area contributed by atoms with E-state index in [-0.39, 0.29) is 5.91 Å². The Morgan fingerprint density at radius 3 is 2.26 bits per heavy atom. The van der Waals surface area contributed by atoms with E-state index in [1.807, 2.05) is 18.7 Å². The van der Waals surface area contributed by atoms with Crippen molar-refractivity contribution in [1.29, 1.82) is 0 Å². The lowest BCUT2D eigenvalue weighted by Gasteiger charge is -2.29. The third kappa shape index (κ3) is 6.21. The highest BCUT2D eigenvalue weighted by Gasteiger charge is 2.16. The van der Waals surface area contributed by atoms with Gasteiger partial charge in [0.2, 0.25) is 5.91 Å². The van der Waals surface area contributed by atoms with Gasteiger partial charge in [-0.15, -0.1) is 0 Å². The third-order valence-corrected chi connectivity index (χ3v) is 4.47. The van der Waals surface area contributed by atoms with Crippen molar-refractivity contribution in [2.24, 2.45) is 5.92 Å². The second-order valence-electron chi connectivity index (χ2n) is 6.25. The molecule has 0 unspecified atom stereocenters. The van der Waals surface area contributed by atoms with Gasteiger partial charge in [0.05, 0.1) is 0 Å². The predicted octanol–water partition coefficient (Wildman–Crippen LogP) is 3.64. The molecule has 1 aromatic carbocycles. The molecular weight excluding hydrogens is 282 g/mol. The summed E-state index contributed by atoms with van der Waals surface area (Å²) in [5.74, 6) is 1.04. The molecule has 1 saturated heterocycles. The molecule has 0 atom stereocenters. The Hall–Kier alpha value is -1.57. The zero-order valence-electron chi connectivity index (χ0n) is 15.6. The molecule has 0 N–H and O–H groups in total. The molecule has 23 heavy (non-hydrogen) atoms. The van der Waals surface area contributed by atoms with E-state index in [0.717, 1.165) is 19.0 Å². The Bertz CT molecular complexity index is 595. The number of carbonyl (C=O) groups excluding carboxylic acids is 1. The first-order chi connectivity index (χ1) is 11.1. The van der Waals surface area contributed by atoms with Gasteiger partial charge in [-0.05, 0) is 54.5 Å². The van der Waals surface area contributed by atoms with Gasteiger partial charge in [-0.3, -0.25) is 4.79 Å². The van der Waals surface area contributed by atoms with E-state index in [2.05, 4.69) is 44.2 Å². The van der Waals surface area contributed by atoms with E-state index in [1.54, 1.807) is 6.92 Å². The molecule has 2 heteroatoms. The average molecular weight is 316 g/mol. The second kappa shape index (κ2) is 10.3. The summed E-state index contributed by atoms with van der Waals surface area (Å²) in [6, 6.07) is 6.50. The van der Waals surface area contributed by atoms with Crippen LogP contribution in [0.15, 0.2) is 18.2 Å². The van der Waals surface area contributed by atoms with Crippen molar-refractivity contribution < 1.29 is 4.79 Å². The standard InChI is InChI=1S/C11H12.C8H15NO.C2H6/c1-9-5-4-7-10-6-2-3-8-11(9)10;1-7-3-5-9(6-4-7)8(2)10;1-2/h4-8H,2-3H2,1H3;7H,3-6H2,1-2H3;1-2H3. The van der Waals surface area contributed by atoms with Gasteiger partial charge >= 0.3 is 0 Å². The number of likely N-dealkylation sites (tertiary alicyclic amines) is 1. The maximum Gasteiger partial charge on any atom is 0.219 e. The Morgan fingerprint density at radius 2 is 1.70 bits per heavy atom. The molecule has 0 saturated carbocycles. The van der Waals surface area contributed by atoms with E-state index in [9.17, 15) is 4.79 Å². The van der Waals surface area contributed by atoms with Crippen molar-refractivity contribution in [2.45, 2.75) is 60.3 Å².